The molecule has 0 radical (unpaired) electrons. The van der Waals surface area contributed by atoms with Gasteiger partial charge in [-0.15, -0.1) is 0 Å². The smallest absolute Gasteiger partial charge is 0.0480 e. The summed E-state index contributed by atoms with van der Waals surface area (Å²) in [5.74, 6) is 0. The van der Waals surface area contributed by atoms with Crippen molar-refractivity contribution in [3.63, 3.8) is 0 Å². The highest BCUT2D eigenvalue weighted by Crippen LogP contribution is 2.19. The van der Waals surface area contributed by atoms with Crippen LogP contribution in [0, 0.1) is 0 Å². The van der Waals surface area contributed by atoms with Crippen molar-refractivity contribution in [3.8, 4) is 0 Å². The van der Waals surface area contributed by atoms with Gasteiger partial charge >= 0.3 is 0 Å². The number of ether oxygens (including phenoxy) is 1. The monoisotopic (exact) mass is 184 g/mol. The van der Waals surface area contributed by atoms with Crippen molar-refractivity contribution in [3.05, 3.63) is 0 Å². The standard InChI is InChI=1S/C10H20N2O/c1-11-9-2-5-12(8-9)10-3-6-13-7-4-10/h9-11H,2-8H2,1H3/t9-/m1/s1. The number of hydrogen-bond donors (Lipinski definition) is 1. The summed E-state index contributed by atoms with van der Waals surface area (Å²) in [4.78, 5) is 2.63. The van der Waals surface area contributed by atoms with Crippen molar-refractivity contribution in [1.29, 1.82) is 0 Å². The first kappa shape index (κ1) is 9.44. The van der Waals surface area contributed by atoms with Gasteiger partial charge in [0, 0.05) is 38.4 Å². The minimum atomic E-state index is 0.725. The van der Waals surface area contributed by atoms with Gasteiger partial charge in [0.15, 0.2) is 0 Å². The van der Waals surface area contributed by atoms with E-state index in [0.717, 1.165) is 25.3 Å². The van der Waals surface area contributed by atoms with Crippen LogP contribution in [0.3, 0.4) is 0 Å². The molecule has 2 fully saturated rings. The number of likely N-dealkylation sites (tertiary alicyclic amines) is 1. The van der Waals surface area contributed by atoms with Gasteiger partial charge in [-0.2, -0.15) is 0 Å². The molecule has 2 saturated heterocycles. The Bertz CT molecular complexity index is 157. The Hall–Kier alpha value is -0.120. The number of nitrogens with one attached hydrogen (secondary N) is 1. The topological polar surface area (TPSA) is 24.5 Å². The molecule has 76 valence electrons. The van der Waals surface area contributed by atoms with E-state index in [0.29, 0.717) is 0 Å². The Morgan fingerprint density at radius 2 is 2.00 bits per heavy atom. The molecule has 0 amide bonds. The molecule has 13 heavy (non-hydrogen) atoms. The maximum Gasteiger partial charge on any atom is 0.0480 e. The van der Waals surface area contributed by atoms with Crippen LogP contribution < -0.4 is 5.32 Å². The van der Waals surface area contributed by atoms with Crippen molar-refractivity contribution in [1.82, 2.24) is 10.2 Å². The first-order valence-electron chi connectivity index (χ1n) is 5.39. The molecule has 0 saturated carbocycles. The third kappa shape index (κ3) is 2.22. The molecule has 0 aromatic rings. The number of likely N-dealkylation sites (N-methyl/N-ethyl adjacent to an activating group) is 1. The molecule has 0 aromatic heterocycles. The molecular weight excluding hydrogens is 164 g/mol. The lowest BCUT2D eigenvalue weighted by atomic mass is 10.1. The molecular formula is C10H20N2O. The highest BCUT2D eigenvalue weighted by molar-refractivity contribution is 4.85. The van der Waals surface area contributed by atoms with Gasteiger partial charge in [0.25, 0.3) is 0 Å². The zero-order valence-electron chi connectivity index (χ0n) is 8.46. The zero-order valence-corrected chi connectivity index (χ0v) is 8.46. The van der Waals surface area contributed by atoms with E-state index in [1.54, 1.807) is 0 Å². The molecule has 2 aliphatic heterocycles. The van der Waals surface area contributed by atoms with Crippen LogP contribution in [0.2, 0.25) is 0 Å². The lowest BCUT2D eigenvalue weighted by Crippen LogP contribution is -2.39. The van der Waals surface area contributed by atoms with Crippen LogP contribution in [0.25, 0.3) is 0 Å². The van der Waals surface area contributed by atoms with E-state index in [2.05, 4.69) is 17.3 Å². The average molecular weight is 184 g/mol. The summed E-state index contributed by atoms with van der Waals surface area (Å²) in [6.07, 6.45) is 3.78. The molecule has 1 N–H and O–H groups in total. The fourth-order valence-electron chi connectivity index (χ4n) is 2.40. The van der Waals surface area contributed by atoms with Crippen LogP contribution in [-0.2, 0) is 4.74 Å². The SMILES string of the molecule is CN[C@@H]1CCN(C2CCOCC2)C1. The van der Waals surface area contributed by atoms with Crippen LogP contribution in [0.4, 0.5) is 0 Å². The van der Waals surface area contributed by atoms with E-state index in [1.165, 1.54) is 32.4 Å². The molecule has 2 heterocycles. The number of rotatable bonds is 2. The van der Waals surface area contributed by atoms with Crippen LogP contribution in [0.1, 0.15) is 19.3 Å². The van der Waals surface area contributed by atoms with Gasteiger partial charge in [0.1, 0.15) is 0 Å². The average Bonchev–Trinajstić information content (AvgIpc) is 2.67. The van der Waals surface area contributed by atoms with E-state index < -0.39 is 0 Å². The maximum absolute atomic E-state index is 5.37. The Kier molecular flexibility index (Phi) is 3.19. The lowest BCUT2D eigenvalue weighted by molar-refractivity contribution is 0.0417. The van der Waals surface area contributed by atoms with Crippen molar-refractivity contribution in [2.24, 2.45) is 0 Å². The number of hydrogen-bond acceptors (Lipinski definition) is 3. The second kappa shape index (κ2) is 4.40. The van der Waals surface area contributed by atoms with Crippen LogP contribution in [-0.4, -0.2) is 50.3 Å². The molecule has 0 aliphatic carbocycles. The van der Waals surface area contributed by atoms with Gasteiger partial charge in [-0.1, -0.05) is 0 Å². The van der Waals surface area contributed by atoms with Crippen LogP contribution in [0.15, 0.2) is 0 Å². The number of nitrogens with zero attached hydrogens (tertiary/aromatic N) is 1. The normalized spacial score (nSPS) is 32.5. The molecule has 0 aromatic carbocycles. The van der Waals surface area contributed by atoms with Crippen molar-refractivity contribution < 1.29 is 4.74 Å². The fourth-order valence-corrected chi connectivity index (χ4v) is 2.40. The van der Waals surface area contributed by atoms with Gasteiger partial charge in [0.05, 0.1) is 0 Å². The summed E-state index contributed by atoms with van der Waals surface area (Å²) in [5, 5.41) is 3.36. The van der Waals surface area contributed by atoms with Crippen LogP contribution >= 0.6 is 0 Å². The summed E-state index contributed by atoms with van der Waals surface area (Å²) in [6.45, 7) is 4.44. The highest BCUT2D eigenvalue weighted by atomic mass is 16.5. The van der Waals surface area contributed by atoms with Crippen molar-refractivity contribution >= 4 is 0 Å². The van der Waals surface area contributed by atoms with Gasteiger partial charge in [0.2, 0.25) is 0 Å². The minimum absolute atomic E-state index is 0.725. The quantitative estimate of drug-likeness (QED) is 0.675. The third-order valence-corrected chi connectivity index (χ3v) is 3.34. The Balaban J connectivity index is 1.80. The Labute approximate surface area is 80.4 Å². The van der Waals surface area contributed by atoms with E-state index in [-0.39, 0.29) is 0 Å². The molecule has 0 unspecified atom stereocenters. The fraction of sp³-hybridized carbons (Fsp3) is 1.00. The second-order valence-corrected chi connectivity index (χ2v) is 4.11. The first-order valence-corrected chi connectivity index (χ1v) is 5.39. The summed E-state index contributed by atoms with van der Waals surface area (Å²) in [7, 11) is 2.07. The summed E-state index contributed by atoms with van der Waals surface area (Å²) < 4.78 is 5.37. The molecule has 2 rings (SSSR count). The lowest BCUT2D eigenvalue weighted by Gasteiger charge is -2.30. The predicted molar refractivity (Wildman–Crippen MR) is 52.9 cm³/mol. The minimum Gasteiger partial charge on any atom is -0.381 e. The molecule has 0 spiro atoms. The summed E-state index contributed by atoms with van der Waals surface area (Å²) in [5.41, 5.74) is 0. The van der Waals surface area contributed by atoms with E-state index >= 15 is 0 Å². The molecule has 3 heteroatoms. The largest absolute Gasteiger partial charge is 0.381 e. The van der Waals surface area contributed by atoms with E-state index in [4.69, 9.17) is 4.74 Å². The highest BCUT2D eigenvalue weighted by Gasteiger charge is 2.28. The van der Waals surface area contributed by atoms with Crippen molar-refractivity contribution in [2.45, 2.75) is 31.3 Å². The van der Waals surface area contributed by atoms with Gasteiger partial charge in [-0.05, 0) is 26.3 Å². The molecule has 0 bridgehead atoms. The zero-order chi connectivity index (χ0) is 9.10. The summed E-state index contributed by atoms with van der Waals surface area (Å²) in [6, 6.07) is 1.52. The van der Waals surface area contributed by atoms with Crippen LogP contribution in [0.5, 0.6) is 0 Å². The van der Waals surface area contributed by atoms with Gasteiger partial charge in [-0.25, -0.2) is 0 Å². The second-order valence-electron chi connectivity index (χ2n) is 4.11. The predicted octanol–water partition coefficient (Wildman–Crippen LogP) is 0.459. The maximum atomic E-state index is 5.37. The molecule has 1 atom stereocenters. The molecule has 3 nitrogen and oxygen atoms in total. The molecule has 2 aliphatic rings. The van der Waals surface area contributed by atoms with E-state index in [1.807, 2.05) is 0 Å². The van der Waals surface area contributed by atoms with Gasteiger partial charge < -0.3 is 10.1 Å². The summed E-state index contributed by atoms with van der Waals surface area (Å²) >= 11 is 0. The Morgan fingerprint density at radius 3 is 2.62 bits per heavy atom. The third-order valence-electron chi connectivity index (χ3n) is 3.34. The van der Waals surface area contributed by atoms with E-state index in [9.17, 15) is 0 Å². The Morgan fingerprint density at radius 1 is 1.23 bits per heavy atom. The first-order chi connectivity index (χ1) is 6.40. The van der Waals surface area contributed by atoms with Crippen molar-refractivity contribution in [2.75, 3.05) is 33.4 Å². The van der Waals surface area contributed by atoms with Gasteiger partial charge in [-0.3, -0.25) is 4.90 Å².